The van der Waals surface area contributed by atoms with Crippen molar-refractivity contribution in [2.75, 3.05) is 0 Å². The summed E-state index contributed by atoms with van der Waals surface area (Å²) in [4.78, 5) is 19.8. The molecule has 0 heterocycles. The molecule has 0 bridgehead atoms. The lowest BCUT2D eigenvalue weighted by Gasteiger charge is -2.31. The Morgan fingerprint density at radius 3 is 1.63 bits per heavy atom. The first kappa shape index (κ1) is 17.9. The Morgan fingerprint density at radius 1 is 1.00 bits per heavy atom. The molecule has 1 aliphatic carbocycles. The van der Waals surface area contributed by atoms with Crippen molar-refractivity contribution in [2.24, 2.45) is 5.41 Å². The normalized spacial score (nSPS) is 18.3. The monoisotopic (exact) mass is 274 g/mol. The predicted octanol–water partition coefficient (Wildman–Crippen LogP) is 2.66. The minimum atomic E-state index is -0.870. The topological polar surface area (TPSA) is 94.8 Å². The molecule has 0 aliphatic heterocycles. The molecule has 5 heteroatoms. The van der Waals surface area contributed by atoms with Crippen molar-refractivity contribution in [2.45, 2.75) is 71.3 Å². The second-order valence-corrected chi connectivity index (χ2v) is 5.89. The Bertz CT molecular complexity index is 260. The van der Waals surface area contributed by atoms with E-state index < -0.39 is 11.9 Å². The minimum Gasteiger partial charge on any atom is -0.481 e. The average Bonchev–Trinajstić information content (AvgIpc) is 2.29. The summed E-state index contributed by atoms with van der Waals surface area (Å²) < 4.78 is 0. The Kier molecular flexibility index (Phi) is 8.39. The van der Waals surface area contributed by atoms with Crippen molar-refractivity contribution in [3.8, 4) is 0 Å². The third-order valence-corrected chi connectivity index (χ3v) is 3.34. The molecule has 0 unspecified atom stereocenters. The maximum absolute atomic E-state index is 9.90. The van der Waals surface area contributed by atoms with Crippen LogP contribution < -0.4 is 0 Å². The predicted molar refractivity (Wildman–Crippen MR) is 72.0 cm³/mol. The highest BCUT2D eigenvalue weighted by Gasteiger charge is 2.25. The van der Waals surface area contributed by atoms with E-state index in [4.69, 9.17) is 15.3 Å². The summed E-state index contributed by atoms with van der Waals surface area (Å²) in [7, 11) is 0. The zero-order valence-corrected chi connectivity index (χ0v) is 11.9. The van der Waals surface area contributed by atoms with E-state index in [0.29, 0.717) is 18.3 Å². The van der Waals surface area contributed by atoms with Gasteiger partial charge in [-0.1, -0.05) is 13.8 Å². The Balaban J connectivity index is 0.000000342. The quantitative estimate of drug-likeness (QED) is 0.670. The van der Waals surface area contributed by atoms with Crippen molar-refractivity contribution in [3.05, 3.63) is 0 Å². The number of rotatable bonds is 5. The van der Waals surface area contributed by atoms with Crippen LogP contribution in [0, 0.1) is 5.41 Å². The van der Waals surface area contributed by atoms with Crippen LogP contribution in [-0.4, -0.2) is 33.4 Å². The molecule has 5 nitrogen and oxygen atoms in total. The maximum atomic E-state index is 9.90. The van der Waals surface area contributed by atoms with Gasteiger partial charge < -0.3 is 15.3 Å². The van der Waals surface area contributed by atoms with Crippen molar-refractivity contribution in [1.29, 1.82) is 0 Å². The molecule has 1 aliphatic rings. The SMILES string of the molecule is CC1(C)CCC(O)CC1.O=C(O)CCCCC(=O)O. The van der Waals surface area contributed by atoms with Gasteiger partial charge in [0.05, 0.1) is 6.10 Å². The molecule has 0 atom stereocenters. The van der Waals surface area contributed by atoms with Gasteiger partial charge >= 0.3 is 11.9 Å². The van der Waals surface area contributed by atoms with Gasteiger partial charge in [-0.25, -0.2) is 0 Å². The lowest BCUT2D eigenvalue weighted by Crippen LogP contribution is -2.23. The fourth-order valence-electron chi connectivity index (χ4n) is 1.94. The average molecular weight is 274 g/mol. The number of aliphatic hydroxyl groups is 1. The lowest BCUT2D eigenvalue weighted by atomic mass is 9.76. The number of hydrogen-bond acceptors (Lipinski definition) is 3. The number of aliphatic carboxylic acids is 2. The molecule has 3 N–H and O–H groups in total. The molecular weight excluding hydrogens is 248 g/mol. The van der Waals surface area contributed by atoms with E-state index in [1.807, 2.05) is 0 Å². The molecule has 1 saturated carbocycles. The van der Waals surface area contributed by atoms with Crippen LogP contribution in [0.4, 0.5) is 0 Å². The van der Waals surface area contributed by atoms with Crippen LogP contribution in [0.25, 0.3) is 0 Å². The number of carboxylic acid groups (broad SMARTS) is 2. The van der Waals surface area contributed by atoms with Crippen LogP contribution in [0.1, 0.15) is 65.2 Å². The molecule has 19 heavy (non-hydrogen) atoms. The van der Waals surface area contributed by atoms with E-state index in [9.17, 15) is 9.59 Å². The molecule has 0 amide bonds. The van der Waals surface area contributed by atoms with Gasteiger partial charge in [-0.3, -0.25) is 9.59 Å². The molecule has 112 valence electrons. The standard InChI is InChI=1S/C8H16O.C6H10O4/c1-8(2)5-3-7(9)4-6-8;7-5(8)3-1-2-4-6(9)10/h7,9H,3-6H2,1-2H3;1-4H2,(H,7,8)(H,9,10). The summed E-state index contributed by atoms with van der Waals surface area (Å²) in [5.74, 6) is -1.74. The molecule has 0 aromatic heterocycles. The van der Waals surface area contributed by atoms with Crippen LogP contribution in [0.5, 0.6) is 0 Å². The van der Waals surface area contributed by atoms with Gasteiger partial charge in [0.1, 0.15) is 0 Å². The number of hydrogen-bond donors (Lipinski definition) is 3. The largest absolute Gasteiger partial charge is 0.481 e. The van der Waals surface area contributed by atoms with Crippen molar-refractivity contribution in [3.63, 3.8) is 0 Å². The highest BCUT2D eigenvalue weighted by molar-refractivity contribution is 5.67. The molecule has 1 rings (SSSR count). The van der Waals surface area contributed by atoms with Crippen LogP contribution in [0.2, 0.25) is 0 Å². The van der Waals surface area contributed by atoms with Gasteiger partial charge in [0.2, 0.25) is 0 Å². The molecular formula is C14H26O5. The van der Waals surface area contributed by atoms with Crippen LogP contribution in [-0.2, 0) is 9.59 Å². The summed E-state index contributed by atoms with van der Waals surface area (Å²) in [6.07, 6.45) is 5.41. The Labute approximate surface area is 114 Å². The lowest BCUT2D eigenvalue weighted by molar-refractivity contribution is -0.139. The third-order valence-electron chi connectivity index (χ3n) is 3.34. The van der Waals surface area contributed by atoms with Gasteiger partial charge in [-0.2, -0.15) is 0 Å². The van der Waals surface area contributed by atoms with Gasteiger partial charge in [0.15, 0.2) is 0 Å². The molecule has 0 aromatic rings. The number of aliphatic hydroxyl groups excluding tert-OH is 1. The summed E-state index contributed by atoms with van der Waals surface area (Å²) in [5.41, 5.74) is 0.499. The fourth-order valence-corrected chi connectivity index (χ4v) is 1.94. The molecule has 1 fully saturated rings. The molecule has 0 aromatic carbocycles. The van der Waals surface area contributed by atoms with Crippen LogP contribution in [0.3, 0.4) is 0 Å². The first-order valence-corrected chi connectivity index (χ1v) is 6.84. The minimum absolute atomic E-state index is 0.00183. The second kappa shape index (κ2) is 8.91. The van der Waals surface area contributed by atoms with Gasteiger partial charge in [-0.05, 0) is 43.9 Å². The van der Waals surface area contributed by atoms with Crippen LogP contribution in [0.15, 0.2) is 0 Å². The van der Waals surface area contributed by atoms with E-state index in [2.05, 4.69) is 13.8 Å². The maximum Gasteiger partial charge on any atom is 0.303 e. The smallest absolute Gasteiger partial charge is 0.303 e. The molecule has 0 radical (unpaired) electrons. The van der Waals surface area contributed by atoms with E-state index in [1.54, 1.807) is 0 Å². The number of unbranched alkanes of at least 4 members (excludes halogenated alkanes) is 1. The van der Waals surface area contributed by atoms with Crippen molar-refractivity contribution < 1.29 is 24.9 Å². The zero-order chi connectivity index (χ0) is 14.9. The fraction of sp³-hybridized carbons (Fsp3) is 0.857. The van der Waals surface area contributed by atoms with Crippen molar-refractivity contribution >= 4 is 11.9 Å². The molecule has 0 spiro atoms. The summed E-state index contributed by atoms with van der Waals surface area (Å²) in [5, 5.41) is 25.4. The Hall–Kier alpha value is -1.10. The van der Waals surface area contributed by atoms with Gasteiger partial charge in [0.25, 0.3) is 0 Å². The number of carbonyl (C=O) groups is 2. The van der Waals surface area contributed by atoms with Gasteiger partial charge in [-0.15, -0.1) is 0 Å². The Morgan fingerprint density at radius 2 is 1.37 bits per heavy atom. The summed E-state index contributed by atoms with van der Waals surface area (Å²) in [6, 6.07) is 0. The molecule has 0 saturated heterocycles. The highest BCUT2D eigenvalue weighted by atomic mass is 16.4. The van der Waals surface area contributed by atoms with E-state index in [1.165, 1.54) is 12.8 Å². The second-order valence-electron chi connectivity index (χ2n) is 5.89. The number of carboxylic acids is 2. The highest BCUT2D eigenvalue weighted by Crippen LogP contribution is 2.34. The first-order valence-electron chi connectivity index (χ1n) is 6.84. The van der Waals surface area contributed by atoms with Crippen molar-refractivity contribution in [1.82, 2.24) is 0 Å². The zero-order valence-electron chi connectivity index (χ0n) is 11.9. The summed E-state index contributed by atoms with van der Waals surface area (Å²) >= 11 is 0. The van der Waals surface area contributed by atoms with E-state index in [0.717, 1.165) is 12.8 Å². The van der Waals surface area contributed by atoms with Gasteiger partial charge in [0, 0.05) is 12.8 Å². The summed E-state index contributed by atoms with van der Waals surface area (Å²) in [6.45, 7) is 4.55. The first-order chi connectivity index (χ1) is 8.73. The van der Waals surface area contributed by atoms with E-state index in [-0.39, 0.29) is 18.9 Å². The third kappa shape index (κ3) is 11.7. The van der Waals surface area contributed by atoms with Crippen LogP contribution >= 0.6 is 0 Å². The van der Waals surface area contributed by atoms with E-state index >= 15 is 0 Å².